The Hall–Kier alpha value is -1.43. The lowest BCUT2D eigenvalue weighted by Crippen LogP contribution is -2.36. The lowest BCUT2D eigenvalue weighted by molar-refractivity contribution is -0.0150. The van der Waals surface area contributed by atoms with Crippen LogP contribution in [0.3, 0.4) is 0 Å². The zero-order valence-electron chi connectivity index (χ0n) is 10.7. The van der Waals surface area contributed by atoms with E-state index in [1.807, 2.05) is 6.92 Å². The van der Waals surface area contributed by atoms with E-state index in [0.29, 0.717) is 17.9 Å². The molecule has 0 amide bonds. The Labute approximate surface area is 111 Å². The van der Waals surface area contributed by atoms with E-state index in [4.69, 9.17) is 9.47 Å². The molecule has 1 aliphatic rings. The largest absolute Gasteiger partial charge is 0.493 e. The normalized spacial score (nSPS) is 28.1. The highest BCUT2D eigenvalue weighted by molar-refractivity contribution is 5.74. The van der Waals surface area contributed by atoms with Crippen molar-refractivity contribution in [3.8, 4) is 5.75 Å². The molecule has 0 radical (unpaired) electrons. The number of ether oxygens (including phenoxy) is 2. The van der Waals surface area contributed by atoms with E-state index in [1.165, 1.54) is 0 Å². The number of carbonyl (C=O) groups is 1. The van der Waals surface area contributed by atoms with Gasteiger partial charge in [0.15, 0.2) is 0 Å². The summed E-state index contributed by atoms with van der Waals surface area (Å²) in [7, 11) is 0. The van der Waals surface area contributed by atoms with Crippen LogP contribution in [0.2, 0.25) is 0 Å². The lowest BCUT2D eigenvalue weighted by Gasteiger charge is -2.22. The topological polar surface area (TPSA) is 76.0 Å². The van der Waals surface area contributed by atoms with Gasteiger partial charge in [0, 0.05) is 11.5 Å². The van der Waals surface area contributed by atoms with Gasteiger partial charge < -0.3 is 19.7 Å². The van der Waals surface area contributed by atoms with Crippen LogP contribution in [0.4, 0.5) is 0 Å². The molecule has 0 aromatic heterocycles. The average Bonchev–Trinajstić information content (AvgIpc) is 2.77. The molecule has 0 saturated carbocycles. The van der Waals surface area contributed by atoms with Crippen LogP contribution in [0.15, 0.2) is 24.3 Å². The van der Waals surface area contributed by atoms with Crippen molar-refractivity contribution in [2.24, 2.45) is 5.92 Å². The van der Waals surface area contributed by atoms with Crippen molar-refractivity contribution in [2.75, 3.05) is 13.2 Å². The van der Waals surface area contributed by atoms with Crippen molar-refractivity contribution < 1.29 is 24.5 Å². The lowest BCUT2D eigenvalue weighted by atomic mass is 10.00. The van der Waals surface area contributed by atoms with E-state index in [2.05, 4.69) is 0 Å². The predicted molar refractivity (Wildman–Crippen MR) is 68.2 cm³/mol. The van der Waals surface area contributed by atoms with E-state index in [0.717, 1.165) is 6.29 Å². The van der Waals surface area contributed by atoms with Crippen molar-refractivity contribution in [2.45, 2.75) is 25.2 Å². The van der Waals surface area contributed by atoms with E-state index in [-0.39, 0.29) is 12.5 Å². The molecule has 5 heteroatoms. The quantitative estimate of drug-likeness (QED) is 0.765. The highest BCUT2D eigenvalue weighted by Crippen LogP contribution is 2.22. The number of aldehydes is 1. The maximum Gasteiger partial charge on any atom is 0.150 e. The van der Waals surface area contributed by atoms with Gasteiger partial charge in [0.1, 0.15) is 24.2 Å². The van der Waals surface area contributed by atoms with Gasteiger partial charge in [0.2, 0.25) is 0 Å². The van der Waals surface area contributed by atoms with Crippen LogP contribution >= 0.6 is 0 Å². The van der Waals surface area contributed by atoms with E-state index in [9.17, 15) is 15.0 Å². The van der Waals surface area contributed by atoms with Gasteiger partial charge >= 0.3 is 0 Å². The number of carbonyl (C=O) groups excluding carboxylic acids is 1. The number of aliphatic hydroxyl groups excluding tert-OH is 2. The molecule has 2 N–H and O–H groups in total. The minimum Gasteiger partial charge on any atom is -0.493 e. The molecule has 0 spiro atoms. The summed E-state index contributed by atoms with van der Waals surface area (Å²) >= 11 is 0. The maximum absolute atomic E-state index is 10.5. The van der Waals surface area contributed by atoms with E-state index in [1.54, 1.807) is 24.3 Å². The molecule has 104 valence electrons. The third-order valence-corrected chi connectivity index (χ3v) is 3.28. The Balaban J connectivity index is 1.85. The van der Waals surface area contributed by atoms with Crippen molar-refractivity contribution in [3.63, 3.8) is 0 Å². The van der Waals surface area contributed by atoms with Crippen LogP contribution in [0.1, 0.15) is 17.3 Å². The van der Waals surface area contributed by atoms with Gasteiger partial charge in [0.25, 0.3) is 0 Å². The Morgan fingerprint density at radius 3 is 2.63 bits per heavy atom. The Morgan fingerprint density at radius 2 is 2.11 bits per heavy atom. The standard InChI is InChI=1S/C14H18O5/c1-9(14-13(17)12(16)8-19-14)7-18-11-4-2-10(6-15)3-5-11/h2-6,9,12-14,16-17H,7-8H2,1H3/t9?,12-,13-,14?/m1/s1. The zero-order chi connectivity index (χ0) is 13.8. The van der Waals surface area contributed by atoms with Crippen molar-refractivity contribution in [1.82, 2.24) is 0 Å². The van der Waals surface area contributed by atoms with Gasteiger partial charge in [-0.05, 0) is 24.3 Å². The first-order valence-corrected chi connectivity index (χ1v) is 6.27. The monoisotopic (exact) mass is 266 g/mol. The van der Waals surface area contributed by atoms with Crippen LogP contribution in [-0.2, 0) is 4.74 Å². The molecule has 19 heavy (non-hydrogen) atoms. The second kappa shape index (κ2) is 6.14. The molecule has 2 unspecified atom stereocenters. The molecule has 0 aliphatic carbocycles. The molecule has 1 saturated heterocycles. The minimum absolute atomic E-state index is 0.0436. The Bertz CT molecular complexity index is 416. The Morgan fingerprint density at radius 1 is 1.42 bits per heavy atom. The molecule has 1 aromatic rings. The number of hydrogen-bond acceptors (Lipinski definition) is 5. The van der Waals surface area contributed by atoms with Crippen LogP contribution < -0.4 is 4.74 Å². The summed E-state index contributed by atoms with van der Waals surface area (Å²) in [4.78, 5) is 10.5. The highest BCUT2D eigenvalue weighted by Gasteiger charge is 2.38. The van der Waals surface area contributed by atoms with Crippen LogP contribution in [0.25, 0.3) is 0 Å². The molecular weight excluding hydrogens is 248 g/mol. The zero-order valence-corrected chi connectivity index (χ0v) is 10.7. The third kappa shape index (κ3) is 3.32. The summed E-state index contributed by atoms with van der Waals surface area (Å²) in [6.45, 7) is 2.42. The average molecular weight is 266 g/mol. The maximum atomic E-state index is 10.5. The van der Waals surface area contributed by atoms with Gasteiger partial charge in [-0.2, -0.15) is 0 Å². The second-order valence-corrected chi connectivity index (χ2v) is 4.83. The fraction of sp³-hybridized carbons (Fsp3) is 0.500. The van der Waals surface area contributed by atoms with Gasteiger partial charge in [-0.1, -0.05) is 6.92 Å². The summed E-state index contributed by atoms with van der Waals surface area (Å²) in [5, 5.41) is 19.1. The summed E-state index contributed by atoms with van der Waals surface area (Å²) in [6.07, 6.45) is -1.32. The molecule has 4 atom stereocenters. The molecule has 1 fully saturated rings. The number of benzene rings is 1. The first-order chi connectivity index (χ1) is 9.11. The molecule has 1 aliphatic heterocycles. The fourth-order valence-electron chi connectivity index (χ4n) is 2.09. The highest BCUT2D eigenvalue weighted by atomic mass is 16.5. The predicted octanol–water partition coefficient (Wildman–Crippen LogP) is 0.635. The molecule has 5 nitrogen and oxygen atoms in total. The summed E-state index contributed by atoms with van der Waals surface area (Å²) < 4.78 is 10.9. The number of rotatable bonds is 5. The van der Waals surface area contributed by atoms with Gasteiger partial charge in [-0.25, -0.2) is 0 Å². The van der Waals surface area contributed by atoms with Gasteiger partial charge in [-0.15, -0.1) is 0 Å². The molecular formula is C14H18O5. The second-order valence-electron chi connectivity index (χ2n) is 4.83. The molecule has 0 bridgehead atoms. The van der Waals surface area contributed by atoms with Gasteiger partial charge in [-0.3, -0.25) is 4.79 Å². The molecule has 2 rings (SSSR count). The van der Waals surface area contributed by atoms with Gasteiger partial charge in [0.05, 0.1) is 19.3 Å². The first-order valence-electron chi connectivity index (χ1n) is 6.27. The first kappa shape index (κ1) is 14.0. The van der Waals surface area contributed by atoms with Crippen molar-refractivity contribution in [3.05, 3.63) is 29.8 Å². The summed E-state index contributed by atoms with van der Waals surface area (Å²) in [6, 6.07) is 6.80. The summed E-state index contributed by atoms with van der Waals surface area (Å²) in [5.41, 5.74) is 0.595. The van der Waals surface area contributed by atoms with Crippen molar-refractivity contribution >= 4 is 6.29 Å². The van der Waals surface area contributed by atoms with Crippen LogP contribution in [0.5, 0.6) is 5.75 Å². The number of aliphatic hydroxyl groups is 2. The molecule has 1 heterocycles. The fourth-order valence-corrected chi connectivity index (χ4v) is 2.09. The molecule has 1 aromatic carbocycles. The van der Waals surface area contributed by atoms with E-state index >= 15 is 0 Å². The summed E-state index contributed by atoms with van der Waals surface area (Å²) in [5.74, 6) is 0.614. The van der Waals surface area contributed by atoms with Crippen LogP contribution in [0, 0.1) is 5.92 Å². The minimum atomic E-state index is -0.865. The van der Waals surface area contributed by atoms with Crippen molar-refractivity contribution in [1.29, 1.82) is 0 Å². The Kier molecular flexibility index (Phi) is 4.52. The number of hydrogen-bond donors (Lipinski definition) is 2. The van der Waals surface area contributed by atoms with Crippen LogP contribution in [-0.4, -0.2) is 48.0 Å². The van der Waals surface area contributed by atoms with E-state index < -0.39 is 18.3 Å². The smallest absolute Gasteiger partial charge is 0.150 e. The third-order valence-electron chi connectivity index (χ3n) is 3.28. The SMILES string of the molecule is CC(COc1ccc(C=O)cc1)C1OC[C@@H](O)[C@H]1O.